The average Bonchev–Trinajstić information content (AvgIpc) is 3.32. The van der Waals surface area contributed by atoms with Crippen molar-refractivity contribution in [2.24, 2.45) is 11.8 Å². The van der Waals surface area contributed by atoms with Crippen molar-refractivity contribution >= 4 is 58.5 Å². The molecule has 2 unspecified atom stereocenters. The van der Waals surface area contributed by atoms with Gasteiger partial charge in [0.15, 0.2) is 0 Å². The first kappa shape index (κ1) is 75.7. The summed E-state index contributed by atoms with van der Waals surface area (Å²) in [7, 11) is -9.23. The molecule has 0 aliphatic carbocycles. The predicted molar refractivity (Wildman–Crippen MR) is 307 cm³/mol. The zero-order chi connectivity index (χ0) is 51.8. The second kappa shape index (κ2) is 61.3. The largest absolute Gasteiger partial charge is 2.00 e. The summed E-state index contributed by atoms with van der Waals surface area (Å²) in [6, 6.07) is 0. The zero-order valence-corrected chi connectivity index (χ0v) is 51.5. The van der Waals surface area contributed by atoms with Gasteiger partial charge in [0.1, 0.15) is 0 Å². The molecule has 0 bridgehead atoms. The molecule has 8 nitrogen and oxygen atoms in total. The van der Waals surface area contributed by atoms with Crippen LogP contribution in [0.15, 0.2) is 24.3 Å². The van der Waals surface area contributed by atoms with Crippen LogP contribution in [-0.2, 0) is 29.2 Å². The predicted octanol–water partition coefficient (Wildman–Crippen LogP) is 19.7. The molecule has 0 spiro atoms. The molecule has 0 radical (unpaired) electrons. The molecule has 0 aromatic carbocycles. The van der Waals surface area contributed by atoms with E-state index in [0.29, 0.717) is 0 Å². The van der Waals surface area contributed by atoms with Crippen LogP contribution in [-0.4, -0.2) is 76.9 Å². The first-order valence-corrected chi connectivity index (χ1v) is 33.2. The van der Waals surface area contributed by atoms with Gasteiger partial charge in [-0.05, 0) is 38.5 Å². The van der Waals surface area contributed by atoms with Crippen molar-refractivity contribution in [1.29, 1.82) is 0 Å². The number of allylic oxidation sites excluding steroid dienone is 2. The van der Waals surface area contributed by atoms with E-state index >= 15 is 0 Å². The molecule has 0 aliphatic heterocycles. The Balaban J connectivity index is -0.00000128. The number of rotatable bonds is 56. The van der Waals surface area contributed by atoms with Crippen molar-refractivity contribution in [3.8, 4) is 0 Å². The Morgan fingerprint density at radius 1 is 0.310 bits per heavy atom. The molecule has 11 heteroatoms. The minimum atomic E-state index is -4.61. The molecule has 0 fully saturated rings. The molecule has 0 N–H and O–H groups in total. The molecule has 0 saturated carbocycles. The SMILES string of the molecule is CCCCCCCCCCCCC/C=C/C(CCCCCCCCCCCCC)COS(=O)(=O)[O-].CCCCCCCCCCCCC/C=C/C(CCCCCCCCCCCCC)COS(=O)(=O)[O-].[Ca+2]. The smallest absolute Gasteiger partial charge is 0.726 e. The van der Waals surface area contributed by atoms with Crippen LogP contribution in [0.25, 0.3) is 0 Å². The summed E-state index contributed by atoms with van der Waals surface area (Å²) >= 11 is 0. The number of unbranched alkanes of at least 4 members (excludes halogenated alkanes) is 42. The molecular formula is C60H118CaO8S2. The maximum atomic E-state index is 10.9. The van der Waals surface area contributed by atoms with Gasteiger partial charge in [-0.1, -0.05) is 322 Å². The Morgan fingerprint density at radius 2 is 0.493 bits per heavy atom. The van der Waals surface area contributed by atoms with Gasteiger partial charge in [0, 0.05) is 11.8 Å². The summed E-state index contributed by atoms with van der Waals surface area (Å²) in [5, 5.41) is 0. The van der Waals surface area contributed by atoms with Crippen LogP contribution in [0.4, 0.5) is 0 Å². The maximum Gasteiger partial charge on any atom is 2.00 e. The van der Waals surface area contributed by atoms with E-state index in [1.165, 1.54) is 270 Å². The molecule has 0 rings (SSSR count). The van der Waals surface area contributed by atoms with Crippen LogP contribution in [0, 0.1) is 11.8 Å². The quantitative estimate of drug-likeness (QED) is 0.0193. The van der Waals surface area contributed by atoms with E-state index in [9.17, 15) is 25.9 Å². The van der Waals surface area contributed by atoms with Gasteiger partial charge in [-0.15, -0.1) is 0 Å². The van der Waals surface area contributed by atoms with Crippen molar-refractivity contribution in [3.63, 3.8) is 0 Å². The third kappa shape index (κ3) is 70.5. The minimum Gasteiger partial charge on any atom is -0.726 e. The van der Waals surface area contributed by atoms with Gasteiger partial charge in [0.05, 0.1) is 13.2 Å². The van der Waals surface area contributed by atoms with Crippen molar-refractivity contribution in [3.05, 3.63) is 24.3 Å². The Kier molecular flexibility index (Phi) is 65.4. The fourth-order valence-corrected chi connectivity index (χ4v) is 10.1. The molecule has 0 saturated heterocycles. The molecule has 0 heterocycles. The third-order valence-corrected chi connectivity index (χ3v) is 14.8. The summed E-state index contributed by atoms with van der Waals surface area (Å²) in [5.74, 6) is 0.0370. The molecule has 420 valence electrons. The fraction of sp³-hybridized carbons (Fsp3) is 0.933. The number of hydrogen-bond acceptors (Lipinski definition) is 8. The average molecular weight is 1070 g/mol. The van der Waals surface area contributed by atoms with Crippen molar-refractivity contribution in [1.82, 2.24) is 0 Å². The van der Waals surface area contributed by atoms with Crippen molar-refractivity contribution < 1.29 is 34.3 Å². The topological polar surface area (TPSA) is 133 Å². The van der Waals surface area contributed by atoms with E-state index in [2.05, 4.69) is 60.4 Å². The van der Waals surface area contributed by atoms with Crippen LogP contribution in [0.3, 0.4) is 0 Å². The summed E-state index contributed by atoms with van der Waals surface area (Å²) in [6.07, 6.45) is 70.2. The van der Waals surface area contributed by atoms with Gasteiger partial charge in [-0.2, -0.15) is 0 Å². The monoisotopic (exact) mass is 1070 g/mol. The van der Waals surface area contributed by atoms with Gasteiger partial charge in [0.2, 0.25) is 20.8 Å². The molecular weight excluding hydrogens is 953 g/mol. The standard InChI is InChI=1S/2C30H60O4S.Ca/c2*1-3-5-7-9-11-13-15-16-18-20-22-24-26-28-30(29-34-35(31,32)33)27-25-23-21-19-17-14-12-10-8-6-4-2;/h2*26,28,30H,3-25,27,29H2,1-2H3,(H,31,32,33);/q;;+2/p-2/b2*28-26+;. The normalized spacial score (nSPS) is 12.9. The summed E-state index contributed by atoms with van der Waals surface area (Å²) < 4.78 is 74.4. The molecule has 0 amide bonds. The Labute approximate surface area is 474 Å². The second-order valence-corrected chi connectivity index (χ2v) is 23.2. The van der Waals surface area contributed by atoms with Crippen LogP contribution < -0.4 is 0 Å². The molecule has 2 atom stereocenters. The first-order chi connectivity index (χ1) is 34.0. The van der Waals surface area contributed by atoms with Crippen LogP contribution in [0.5, 0.6) is 0 Å². The first-order valence-electron chi connectivity index (χ1n) is 30.5. The maximum absolute atomic E-state index is 10.9. The van der Waals surface area contributed by atoms with Gasteiger partial charge in [-0.3, -0.25) is 8.37 Å². The number of hydrogen-bond donors (Lipinski definition) is 0. The third-order valence-electron chi connectivity index (χ3n) is 14.0. The summed E-state index contributed by atoms with van der Waals surface area (Å²) in [4.78, 5) is 0. The van der Waals surface area contributed by atoms with Crippen LogP contribution in [0.2, 0.25) is 0 Å². The van der Waals surface area contributed by atoms with Gasteiger partial charge in [0.25, 0.3) is 0 Å². The van der Waals surface area contributed by atoms with Gasteiger partial charge < -0.3 is 9.11 Å². The van der Waals surface area contributed by atoms with Crippen molar-refractivity contribution in [2.75, 3.05) is 13.2 Å². The van der Waals surface area contributed by atoms with E-state index in [0.717, 1.165) is 38.5 Å². The Morgan fingerprint density at radius 3 is 0.690 bits per heavy atom. The van der Waals surface area contributed by atoms with Gasteiger partial charge >= 0.3 is 37.7 Å². The molecule has 0 aromatic rings. The van der Waals surface area contributed by atoms with Gasteiger partial charge in [-0.25, -0.2) is 16.8 Å². The fourth-order valence-electron chi connectivity index (χ4n) is 9.38. The van der Waals surface area contributed by atoms with Crippen molar-refractivity contribution in [2.45, 2.75) is 336 Å². The molecule has 0 aromatic heterocycles. The van der Waals surface area contributed by atoms with E-state index < -0.39 is 20.8 Å². The zero-order valence-electron chi connectivity index (χ0n) is 47.6. The van der Waals surface area contributed by atoms with E-state index in [-0.39, 0.29) is 62.8 Å². The molecule has 0 aliphatic rings. The summed E-state index contributed by atoms with van der Waals surface area (Å²) in [6.45, 7) is 9.01. The van der Waals surface area contributed by atoms with Crippen LogP contribution >= 0.6 is 0 Å². The summed E-state index contributed by atoms with van der Waals surface area (Å²) in [5.41, 5.74) is 0. The van der Waals surface area contributed by atoms with Crippen LogP contribution in [0.1, 0.15) is 336 Å². The Bertz CT molecular complexity index is 1190. The second-order valence-electron chi connectivity index (χ2n) is 21.1. The van der Waals surface area contributed by atoms with E-state index in [4.69, 9.17) is 0 Å². The van der Waals surface area contributed by atoms with E-state index in [1.807, 2.05) is 0 Å². The molecule has 71 heavy (non-hydrogen) atoms. The minimum absolute atomic E-state index is 0. The Hall–Kier alpha value is 0.480. The van der Waals surface area contributed by atoms with E-state index in [1.54, 1.807) is 0 Å².